The minimum atomic E-state index is 0.298. The fourth-order valence-electron chi connectivity index (χ4n) is 0.996. The van der Waals surface area contributed by atoms with Crippen molar-refractivity contribution in [3.8, 4) is 6.07 Å². The molecule has 0 bridgehead atoms. The lowest BCUT2D eigenvalue weighted by molar-refractivity contribution is 0.272. The van der Waals surface area contributed by atoms with Gasteiger partial charge in [-0.05, 0) is 20.8 Å². The Bertz CT molecular complexity index is 184. The smallest absolute Gasteiger partial charge is 0.0894 e. The summed E-state index contributed by atoms with van der Waals surface area (Å²) in [6.45, 7) is 6.81. The Labute approximate surface area is 93.3 Å². The molecule has 0 spiro atoms. The van der Waals surface area contributed by atoms with Crippen molar-refractivity contribution in [1.29, 1.82) is 5.26 Å². The zero-order valence-electron chi connectivity index (χ0n) is 8.96. The van der Waals surface area contributed by atoms with E-state index in [9.17, 15) is 0 Å². The molecule has 0 heterocycles. The third-order valence-electron chi connectivity index (χ3n) is 1.74. The maximum atomic E-state index is 8.33. The lowest BCUT2D eigenvalue weighted by Crippen LogP contribution is -2.33. The molecule has 0 amide bonds. The van der Waals surface area contributed by atoms with E-state index in [2.05, 4.69) is 25.4 Å². The van der Waals surface area contributed by atoms with Crippen LogP contribution in [0.4, 0.5) is 0 Å². The monoisotopic (exact) mass is 236 g/mol. The SMILES string of the molecule is CC(C)N(POCCC#N)C(C)CCl. The Hall–Kier alpha value is 0.130. The Kier molecular flexibility index (Phi) is 8.52. The first kappa shape index (κ1) is 14.1. The highest BCUT2D eigenvalue weighted by Gasteiger charge is 2.16. The van der Waals surface area contributed by atoms with E-state index in [1.54, 1.807) is 0 Å². The van der Waals surface area contributed by atoms with Crippen LogP contribution < -0.4 is 0 Å². The Morgan fingerprint density at radius 2 is 2.14 bits per heavy atom. The van der Waals surface area contributed by atoms with Crippen LogP contribution in [0.2, 0.25) is 0 Å². The van der Waals surface area contributed by atoms with Gasteiger partial charge < -0.3 is 4.52 Å². The van der Waals surface area contributed by atoms with Crippen molar-refractivity contribution in [3.63, 3.8) is 0 Å². The molecule has 0 aromatic carbocycles. The molecule has 0 rings (SSSR count). The molecular weight excluding hydrogens is 219 g/mol. The Morgan fingerprint density at radius 1 is 1.50 bits per heavy atom. The quantitative estimate of drug-likeness (QED) is 0.387. The van der Waals surface area contributed by atoms with Crippen LogP contribution in [0.15, 0.2) is 0 Å². The van der Waals surface area contributed by atoms with Crippen LogP contribution in [0.1, 0.15) is 27.2 Å². The molecule has 0 N–H and O–H groups in total. The van der Waals surface area contributed by atoms with Crippen molar-refractivity contribution in [2.75, 3.05) is 12.5 Å². The first-order chi connectivity index (χ1) is 6.63. The standard InChI is InChI=1S/C9H18ClN2OP/c1-8(2)12(9(3)7-10)14-13-6-4-5-11/h8-9,14H,4,6-7H2,1-3H3. The van der Waals surface area contributed by atoms with E-state index in [-0.39, 0.29) is 0 Å². The molecule has 3 nitrogen and oxygen atoms in total. The first-order valence-electron chi connectivity index (χ1n) is 4.72. The summed E-state index contributed by atoms with van der Waals surface area (Å²) < 4.78 is 7.59. The highest BCUT2D eigenvalue weighted by molar-refractivity contribution is 7.29. The number of nitrogens with zero attached hydrogens (tertiary/aromatic N) is 2. The van der Waals surface area contributed by atoms with E-state index in [0.717, 1.165) is 0 Å². The Morgan fingerprint density at radius 3 is 2.57 bits per heavy atom. The third-order valence-corrected chi connectivity index (χ3v) is 3.69. The number of nitriles is 1. The summed E-state index contributed by atoms with van der Waals surface area (Å²) in [5.74, 6) is 0.604. The van der Waals surface area contributed by atoms with E-state index >= 15 is 0 Å². The molecule has 14 heavy (non-hydrogen) atoms. The van der Waals surface area contributed by atoms with Gasteiger partial charge in [-0.25, -0.2) is 0 Å². The van der Waals surface area contributed by atoms with Crippen LogP contribution in [0.25, 0.3) is 0 Å². The maximum Gasteiger partial charge on any atom is 0.0894 e. The molecule has 0 aliphatic heterocycles. The molecule has 82 valence electrons. The van der Waals surface area contributed by atoms with Crippen molar-refractivity contribution in [3.05, 3.63) is 0 Å². The average molecular weight is 237 g/mol. The largest absolute Gasteiger partial charge is 0.345 e. The summed E-state index contributed by atoms with van der Waals surface area (Å²) >= 11 is 5.79. The summed E-state index contributed by atoms with van der Waals surface area (Å²) in [6, 6.07) is 2.79. The molecule has 0 aliphatic rings. The molecule has 0 saturated heterocycles. The highest BCUT2D eigenvalue weighted by Crippen LogP contribution is 2.26. The van der Waals surface area contributed by atoms with Crippen LogP contribution in [0.3, 0.4) is 0 Å². The summed E-state index contributed by atoms with van der Waals surface area (Å²) in [7, 11) is 0.298. The minimum absolute atomic E-state index is 0.298. The van der Waals surface area contributed by atoms with E-state index < -0.39 is 0 Å². The summed E-state index contributed by atoms with van der Waals surface area (Å²) in [5.41, 5.74) is 0. The van der Waals surface area contributed by atoms with Gasteiger partial charge in [0, 0.05) is 18.0 Å². The van der Waals surface area contributed by atoms with Gasteiger partial charge in [0.25, 0.3) is 0 Å². The molecule has 0 saturated carbocycles. The molecule has 0 aromatic rings. The molecule has 0 fully saturated rings. The lowest BCUT2D eigenvalue weighted by Gasteiger charge is -2.30. The Balaban J connectivity index is 3.81. The number of alkyl halides is 1. The van der Waals surface area contributed by atoms with Crippen molar-refractivity contribution < 1.29 is 4.52 Å². The molecule has 0 aromatic heterocycles. The van der Waals surface area contributed by atoms with Gasteiger partial charge in [0.1, 0.15) is 0 Å². The van der Waals surface area contributed by atoms with Crippen LogP contribution >= 0.6 is 20.6 Å². The van der Waals surface area contributed by atoms with Gasteiger partial charge in [0.05, 0.1) is 28.1 Å². The zero-order chi connectivity index (χ0) is 11.0. The summed E-state index contributed by atoms with van der Waals surface area (Å²) in [5, 5.41) is 8.33. The van der Waals surface area contributed by atoms with Gasteiger partial charge in [-0.2, -0.15) is 5.26 Å². The fraction of sp³-hybridized carbons (Fsp3) is 0.889. The summed E-state index contributed by atoms with van der Waals surface area (Å²) in [4.78, 5) is 0. The average Bonchev–Trinajstić information content (AvgIpc) is 2.16. The van der Waals surface area contributed by atoms with E-state index in [4.69, 9.17) is 21.4 Å². The van der Waals surface area contributed by atoms with Crippen molar-refractivity contribution in [1.82, 2.24) is 4.67 Å². The van der Waals surface area contributed by atoms with Gasteiger partial charge in [0.2, 0.25) is 0 Å². The number of halogens is 1. The van der Waals surface area contributed by atoms with Crippen molar-refractivity contribution in [2.45, 2.75) is 39.3 Å². The van der Waals surface area contributed by atoms with E-state index in [0.29, 0.717) is 39.9 Å². The van der Waals surface area contributed by atoms with Gasteiger partial charge >= 0.3 is 0 Å². The fourth-order valence-corrected chi connectivity index (χ4v) is 2.08. The van der Waals surface area contributed by atoms with Crippen molar-refractivity contribution >= 4 is 20.6 Å². The van der Waals surface area contributed by atoms with Crippen molar-refractivity contribution in [2.24, 2.45) is 0 Å². The van der Waals surface area contributed by atoms with E-state index in [1.807, 2.05) is 6.07 Å². The van der Waals surface area contributed by atoms with Gasteiger partial charge in [-0.3, -0.25) is 4.67 Å². The zero-order valence-corrected chi connectivity index (χ0v) is 10.7. The first-order valence-corrected chi connectivity index (χ1v) is 6.11. The van der Waals surface area contributed by atoms with Crippen LogP contribution in [0, 0.1) is 11.3 Å². The van der Waals surface area contributed by atoms with Gasteiger partial charge in [-0.15, -0.1) is 11.6 Å². The predicted molar refractivity (Wildman–Crippen MR) is 61.7 cm³/mol. The molecule has 5 heteroatoms. The normalized spacial score (nSPS) is 14.1. The van der Waals surface area contributed by atoms with Crippen LogP contribution in [0.5, 0.6) is 0 Å². The van der Waals surface area contributed by atoms with Gasteiger partial charge in [0.15, 0.2) is 0 Å². The van der Waals surface area contributed by atoms with Gasteiger partial charge in [-0.1, -0.05) is 0 Å². The predicted octanol–water partition coefficient (Wildman–Crippen LogP) is 2.76. The second-order valence-corrected chi connectivity index (χ2v) is 4.65. The molecule has 2 atom stereocenters. The number of rotatable bonds is 7. The third kappa shape index (κ3) is 5.78. The molecule has 0 aliphatic carbocycles. The molecule has 2 unspecified atom stereocenters. The van der Waals surface area contributed by atoms with Crippen LogP contribution in [-0.4, -0.2) is 29.2 Å². The maximum absolute atomic E-state index is 8.33. The minimum Gasteiger partial charge on any atom is -0.345 e. The highest BCUT2D eigenvalue weighted by atomic mass is 35.5. The molecular formula is C9H18ClN2OP. The molecule has 0 radical (unpaired) electrons. The second-order valence-electron chi connectivity index (χ2n) is 3.35. The summed E-state index contributed by atoms with van der Waals surface area (Å²) in [6.07, 6.45) is 0.453. The van der Waals surface area contributed by atoms with Crippen LogP contribution in [-0.2, 0) is 4.52 Å². The topological polar surface area (TPSA) is 36.3 Å². The van der Waals surface area contributed by atoms with E-state index in [1.165, 1.54) is 0 Å². The number of hydrogen-bond donors (Lipinski definition) is 0. The lowest BCUT2D eigenvalue weighted by atomic mass is 10.3. The second kappa shape index (κ2) is 8.44. The number of hydrogen-bond acceptors (Lipinski definition) is 3.